The van der Waals surface area contributed by atoms with Crippen molar-refractivity contribution in [1.82, 2.24) is 4.72 Å². The third-order valence-electron chi connectivity index (χ3n) is 2.83. The zero-order chi connectivity index (χ0) is 13.9. The van der Waals surface area contributed by atoms with Crippen LogP contribution in [0.2, 0.25) is 0 Å². The molecule has 0 heterocycles. The molecule has 18 heavy (non-hydrogen) atoms. The van der Waals surface area contributed by atoms with Gasteiger partial charge < -0.3 is 4.55 Å². The maximum absolute atomic E-state index is 13.9. The largest absolute Gasteiger partial charge is 0.598 e. The van der Waals surface area contributed by atoms with Crippen LogP contribution >= 0.6 is 0 Å². The van der Waals surface area contributed by atoms with Crippen LogP contribution in [0.25, 0.3) is 0 Å². The van der Waals surface area contributed by atoms with E-state index in [4.69, 9.17) is 0 Å². The highest BCUT2D eigenvalue weighted by Gasteiger charge is 2.27. The van der Waals surface area contributed by atoms with Crippen LogP contribution in [0.5, 0.6) is 0 Å². The molecule has 0 bridgehead atoms. The predicted octanol–water partition coefficient (Wildman–Crippen LogP) is 3.29. The van der Waals surface area contributed by atoms with Crippen molar-refractivity contribution in [3.63, 3.8) is 0 Å². The topological polar surface area (TPSA) is 35.1 Å². The first-order valence-corrected chi connectivity index (χ1v) is 7.29. The molecule has 2 atom stereocenters. The van der Waals surface area contributed by atoms with Crippen molar-refractivity contribution >= 4 is 11.4 Å². The number of halogens is 1. The van der Waals surface area contributed by atoms with Crippen LogP contribution in [0.15, 0.2) is 18.2 Å². The van der Waals surface area contributed by atoms with Gasteiger partial charge in [0.05, 0.1) is 0 Å². The molecule has 1 aromatic rings. The van der Waals surface area contributed by atoms with Crippen molar-refractivity contribution < 1.29 is 8.94 Å². The van der Waals surface area contributed by atoms with Gasteiger partial charge in [-0.05, 0) is 38.8 Å². The van der Waals surface area contributed by atoms with E-state index in [-0.39, 0.29) is 16.5 Å². The van der Waals surface area contributed by atoms with Crippen LogP contribution < -0.4 is 4.72 Å². The van der Waals surface area contributed by atoms with E-state index < -0.39 is 11.4 Å². The molecule has 0 spiro atoms. The molecule has 0 saturated heterocycles. The van der Waals surface area contributed by atoms with Gasteiger partial charge in [-0.25, -0.2) is 4.39 Å². The van der Waals surface area contributed by atoms with E-state index in [2.05, 4.69) is 4.72 Å². The smallest absolute Gasteiger partial charge is 0.136 e. The van der Waals surface area contributed by atoms with Gasteiger partial charge in [0, 0.05) is 23.8 Å². The highest BCUT2D eigenvalue weighted by Crippen LogP contribution is 2.21. The van der Waals surface area contributed by atoms with Crippen molar-refractivity contribution in [2.24, 2.45) is 0 Å². The van der Waals surface area contributed by atoms with Crippen LogP contribution in [-0.4, -0.2) is 15.8 Å². The molecule has 1 N–H and O–H groups in total. The zero-order valence-electron chi connectivity index (χ0n) is 11.7. The number of hydrogen-bond donors (Lipinski definition) is 1. The van der Waals surface area contributed by atoms with E-state index in [1.54, 1.807) is 19.1 Å². The average Bonchev–Trinajstić information content (AvgIpc) is 2.27. The average molecular weight is 271 g/mol. The molecule has 0 saturated carbocycles. The quantitative estimate of drug-likeness (QED) is 0.853. The summed E-state index contributed by atoms with van der Waals surface area (Å²) >= 11 is -1.12. The Morgan fingerprint density at radius 1 is 1.39 bits per heavy atom. The summed E-state index contributed by atoms with van der Waals surface area (Å²) in [4.78, 5) is 0. The molecule has 0 fully saturated rings. The number of benzene rings is 1. The Hall–Kier alpha value is -0.580. The molecule has 0 aliphatic rings. The zero-order valence-corrected chi connectivity index (χ0v) is 12.5. The van der Waals surface area contributed by atoms with E-state index in [1.807, 2.05) is 33.8 Å². The molecule has 2 unspecified atom stereocenters. The van der Waals surface area contributed by atoms with Crippen molar-refractivity contribution in [3.8, 4) is 0 Å². The van der Waals surface area contributed by atoms with Gasteiger partial charge in [0.2, 0.25) is 0 Å². The second-order valence-corrected chi connectivity index (χ2v) is 7.66. The summed E-state index contributed by atoms with van der Waals surface area (Å²) in [5, 5.41) is 0. The molecule has 1 rings (SSSR count). The predicted molar refractivity (Wildman–Crippen MR) is 75.5 cm³/mol. The molecule has 0 aliphatic heterocycles. The normalized spacial score (nSPS) is 15.5. The highest BCUT2D eigenvalue weighted by atomic mass is 32.2. The van der Waals surface area contributed by atoms with Crippen LogP contribution in [0.3, 0.4) is 0 Å². The molecule has 0 amide bonds. The Balaban J connectivity index is 2.66. The molecule has 102 valence electrons. The fraction of sp³-hybridized carbons (Fsp3) is 0.571. The third-order valence-corrected chi connectivity index (χ3v) is 4.37. The van der Waals surface area contributed by atoms with Gasteiger partial charge in [-0.3, -0.25) is 0 Å². The molecule has 0 aliphatic carbocycles. The fourth-order valence-electron chi connectivity index (χ4n) is 1.58. The summed E-state index contributed by atoms with van der Waals surface area (Å²) in [6, 6.07) is 5.39. The lowest BCUT2D eigenvalue weighted by Gasteiger charge is -2.25. The maximum Gasteiger partial charge on any atom is 0.136 e. The number of nitrogens with one attached hydrogen (secondary N) is 1. The monoisotopic (exact) mass is 271 g/mol. The Kier molecular flexibility index (Phi) is 5.20. The molecular weight excluding hydrogens is 249 g/mol. The van der Waals surface area contributed by atoms with Gasteiger partial charge in [0.15, 0.2) is 0 Å². The summed E-state index contributed by atoms with van der Waals surface area (Å²) < 4.78 is 28.4. The lowest BCUT2D eigenvalue weighted by molar-refractivity contribution is 0.533. The van der Waals surface area contributed by atoms with Gasteiger partial charge in [-0.2, -0.15) is 0 Å². The summed E-state index contributed by atoms with van der Waals surface area (Å²) in [6.07, 6.45) is 0. The van der Waals surface area contributed by atoms with E-state index in [0.717, 1.165) is 0 Å². The van der Waals surface area contributed by atoms with Crippen molar-refractivity contribution in [2.45, 2.75) is 45.3 Å². The molecule has 2 nitrogen and oxygen atoms in total. The van der Waals surface area contributed by atoms with E-state index in [1.165, 1.54) is 0 Å². The van der Waals surface area contributed by atoms with Crippen LogP contribution in [0.4, 0.5) is 4.39 Å². The summed E-state index contributed by atoms with van der Waals surface area (Å²) in [5.74, 6) is -0.162. The second kappa shape index (κ2) is 6.04. The molecule has 4 heteroatoms. The van der Waals surface area contributed by atoms with Crippen LogP contribution in [0.1, 0.15) is 44.7 Å². The Morgan fingerprint density at radius 2 is 2.00 bits per heavy atom. The molecular formula is C14H22FNOS. The first kappa shape index (κ1) is 15.5. The summed E-state index contributed by atoms with van der Waals surface area (Å²) in [6.45, 7) is 9.93. The minimum Gasteiger partial charge on any atom is -0.598 e. The molecule has 0 aromatic heterocycles. The highest BCUT2D eigenvalue weighted by molar-refractivity contribution is 7.90. The SMILES string of the molecule is Cc1cccc(C(C)CN[S+]([O-])C(C)(C)C)c1F. The summed E-state index contributed by atoms with van der Waals surface area (Å²) in [5.41, 5.74) is 1.32. The molecule has 0 radical (unpaired) electrons. The third kappa shape index (κ3) is 3.97. The minimum absolute atomic E-state index is 0.00352. The van der Waals surface area contributed by atoms with Crippen molar-refractivity contribution in [3.05, 3.63) is 35.1 Å². The first-order chi connectivity index (χ1) is 8.23. The van der Waals surface area contributed by atoms with Gasteiger partial charge in [-0.15, -0.1) is 4.72 Å². The fourth-order valence-corrected chi connectivity index (χ4v) is 2.41. The summed E-state index contributed by atoms with van der Waals surface area (Å²) in [7, 11) is 0. The van der Waals surface area contributed by atoms with Gasteiger partial charge >= 0.3 is 0 Å². The maximum atomic E-state index is 13.9. The minimum atomic E-state index is -1.12. The van der Waals surface area contributed by atoms with Gasteiger partial charge in [0.25, 0.3) is 0 Å². The van der Waals surface area contributed by atoms with Crippen LogP contribution in [0, 0.1) is 12.7 Å². The van der Waals surface area contributed by atoms with E-state index in [0.29, 0.717) is 17.7 Å². The number of hydrogen-bond acceptors (Lipinski definition) is 2. The van der Waals surface area contributed by atoms with E-state index >= 15 is 0 Å². The van der Waals surface area contributed by atoms with Gasteiger partial charge in [0.1, 0.15) is 10.6 Å². The van der Waals surface area contributed by atoms with Gasteiger partial charge in [-0.1, -0.05) is 25.1 Å². The lowest BCUT2D eigenvalue weighted by Crippen LogP contribution is -2.40. The van der Waals surface area contributed by atoms with Crippen molar-refractivity contribution in [2.75, 3.05) is 6.54 Å². The number of rotatable bonds is 4. The Labute approximate surface area is 112 Å². The first-order valence-electron chi connectivity index (χ1n) is 6.14. The Bertz CT molecular complexity index is 403. The molecule has 1 aromatic carbocycles. The standard InChI is InChI=1S/C14H22FNOS/c1-10-7-6-8-12(13(10)15)11(2)9-16-18(17)14(3,4)5/h6-8,11,16H,9H2,1-5H3. The van der Waals surface area contributed by atoms with Crippen LogP contribution in [-0.2, 0) is 11.4 Å². The van der Waals surface area contributed by atoms with E-state index in [9.17, 15) is 8.94 Å². The Morgan fingerprint density at radius 3 is 2.56 bits per heavy atom. The van der Waals surface area contributed by atoms with Crippen molar-refractivity contribution in [1.29, 1.82) is 0 Å². The lowest BCUT2D eigenvalue weighted by atomic mass is 9.99. The second-order valence-electron chi connectivity index (χ2n) is 5.61. The number of aryl methyl sites for hydroxylation is 1.